The number of carbonyl (C=O) groups is 5. The summed E-state index contributed by atoms with van der Waals surface area (Å²) in [5.74, 6) is 1.03. The molecule has 23 heteroatoms. The Morgan fingerprint density at radius 3 is 2.10 bits per heavy atom. The standard InChI is InChI=1S/C66H87N11O12/c1-43(70-59(78)48-19-17-46(18-20-48)47-21-23-51(24-22-47)74-63(81)88-65(3,4)5)54-38-58(72-44(2)71-54)77-55-16-11-10-14-49(55)36-56(77)60(79)68-25-27-83-29-31-85-33-34-86-32-30-84-28-26-75(9)42-53-37-52(41-76(53)64(82)89-66(6,7)8)73-61(80)62-69-40-57(87-62)50-15-12-13-45(35-50)39-67/h12-13,15,17-24,35,38,40,43,49,52-53,55-56H,10-11,14,16,25-34,36-37,41-42H2,1-9H3,(H,68,79)(H,70,78)(H,73,80)(H,74,81)/t43-,49-,52+,53-,55-,56-/m0/s1. The number of fused-ring (bicyclic) bond motifs is 1. The highest BCUT2D eigenvalue weighted by Crippen LogP contribution is 2.42. The van der Waals surface area contributed by atoms with Crippen LogP contribution in [0.3, 0.4) is 0 Å². The van der Waals surface area contributed by atoms with E-state index in [0.717, 1.165) is 43.2 Å². The molecule has 2 aliphatic heterocycles. The van der Waals surface area contributed by atoms with Crippen LogP contribution in [0.4, 0.5) is 21.1 Å². The number of nitrogens with one attached hydrogen (secondary N) is 4. The first-order valence-corrected chi connectivity index (χ1v) is 30.8. The van der Waals surface area contributed by atoms with Gasteiger partial charge in [0.1, 0.15) is 28.9 Å². The number of likely N-dealkylation sites (N-methyl/N-ethyl adjacent to an activating group) is 1. The van der Waals surface area contributed by atoms with Gasteiger partial charge >= 0.3 is 18.1 Å². The zero-order chi connectivity index (χ0) is 63.7. The van der Waals surface area contributed by atoms with E-state index in [1.54, 1.807) is 53.4 Å². The number of anilines is 2. The van der Waals surface area contributed by atoms with Crippen LogP contribution in [0, 0.1) is 24.2 Å². The lowest BCUT2D eigenvalue weighted by molar-refractivity contribution is -0.122. The Bertz CT molecular complexity index is 3210. The van der Waals surface area contributed by atoms with Crippen molar-refractivity contribution in [2.45, 2.75) is 135 Å². The van der Waals surface area contributed by atoms with Crippen molar-refractivity contribution in [2.24, 2.45) is 5.92 Å². The number of oxazole rings is 1. The van der Waals surface area contributed by atoms with Crippen molar-refractivity contribution >= 4 is 41.4 Å². The smallest absolute Gasteiger partial charge is 0.412 e. The molecule has 1 aliphatic carbocycles. The van der Waals surface area contributed by atoms with Crippen LogP contribution in [-0.4, -0.2) is 176 Å². The molecule has 89 heavy (non-hydrogen) atoms. The van der Waals surface area contributed by atoms with Gasteiger partial charge in [0, 0.05) is 67.2 Å². The average Bonchev–Trinajstić information content (AvgIpc) is 1.74. The Kier molecular flexibility index (Phi) is 23.6. The number of rotatable bonds is 27. The normalized spacial score (nSPS) is 18.6. The van der Waals surface area contributed by atoms with Crippen molar-refractivity contribution in [3.63, 3.8) is 0 Å². The van der Waals surface area contributed by atoms with Gasteiger partial charge in [0.05, 0.1) is 82.4 Å². The van der Waals surface area contributed by atoms with Crippen molar-refractivity contribution < 1.29 is 56.8 Å². The fourth-order valence-electron chi connectivity index (χ4n) is 11.3. The van der Waals surface area contributed by atoms with Gasteiger partial charge in [-0.25, -0.2) is 24.5 Å². The Balaban J connectivity index is 0.694. The van der Waals surface area contributed by atoms with Gasteiger partial charge in [-0.2, -0.15) is 5.26 Å². The van der Waals surface area contributed by atoms with Crippen LogP contribution in [-0.2, 0) is 33.2 Å². The van der Waals surface area contributed by atoms with Gasteiger partial charge in [0.25, 0.3) is 11.8 Å². The number of carbonyl (C=O) groups excluding carboxylic acids is 5. The van der Waals surface area contributed by atoms with E-state index < -0.39 is 41.4 Å². The third-order valence-electron chi connectivity index (χ3n) is 15.5. The van der Waals surface area contributed by atoms with Crippen LogP contribution in [0.1, 0.15) is 131 Å². The van der Waals surface area contributed by atoms with Crippen LogP contribution in [0.25, 0.3) is 22.5 Å². The van der Waals surface area contributed by atoms with Crippen LogP contribution >= 0.6 is 0 Å². The fraction of sp³-hybridized carbons (Fsp3) is 0.530. The second kappa shape index (κ2) is 31.4. The first-order valence-electron chi connectivity index (χ1n) is 30.8. The Labute approximate surface area is 521 Å². The van der Waals surface area contributed by atoms with Crippen molar-refractivity contribution in [2.75, 3.05) is 96.3 Å². The number of likely N-dealkylation sites (tertiary alicyclic amines) is 1. The van der Waals surface area contributed by atoms with E-state index in [1.807, 2.05) is 92.8 Å². The van der Waals surface area contributed by atoms with E-state index in [2.05, 4.69) is 42.1 Å². The highest BCUT2D eigenvalue weighted by atomic mass is 16.6. The van der Waals surface area contributed by atoms with Crippen molar-refractivity contribution in [1.82, 2.24) is 40.7 Å². The number of benzene rings is 3. The zero-order valence-corrected chi connectivity index (χ0v) is 52.8. The van der Waals surface area contributed by atoms with Crippen LogP contribution < -0.4 is 26.2 Å². The SMILES string of the molecule is Cc1nc([C@H](C)NC(=O)c2ccc(-c3ccc(NC(=O)OC(C)(C)C)cc3)cc2)cc(N2[C@H](C(=O)NCCOCCOCCOCCOCCN(C)C[C@@H]3C[C@@H](NC(=O)c4ncc(-c5cccc(C#N)c5)o4)CN3C(=O)OC(C)(C)C)C[C@@H]3CCCC[C@@H]32)n1. The summed E-state index contributed by atoms with van der Waals surface area (Å²) >= 11 is 0. The lowest BCUT2D eigenvalue weighted by Crippen LogP contribution is -2.48. The molecule has 5 amide bonds. The molecule has 8 rings (SSSR count). The summed E-state index contributed by atoms with van der Waals surface area (Å²) in [6.07, 6.45) is 5.92. The number of nitrogens with zero attached hydrogens (tertiary/aromatic N) is 7. The van der Waals surface area contributed by atoms with Gasteiger partial charge in [-0.3, -0.25) is 19.7 Å². The van der Waals surface area contributed by atoms with Crippen molar-refractivity contribution in [3.8, 4) is 28.5 Å². The van der Waals surface area contributed by atoms with E-state index in [1.165, 1.54) is 6.20 Å². The van der Waals surface area contributed by atoms with Crippen LogP contribution in [0.2, 0.25) is 0 Å². The summed E-state index contributed by atoms with van der Waals surface area (Å²) in [7, 11) is 1.95. The number of amides is 5. The minimum Gasteiger partial charge on any atom is -0.444 e. The van der Waals surface area contributed by atoms with E-state index >= 15 is 0 Å². The zero-order valence-electron chi connectivity index (χ0n) is 52.8. The molecule has 2 aromatic heterocycles. The Hall–Kier alpha value is -8.01. The van der Waals surface area contributed by atoms with Crippen LogP contribution in [0.5, 0.6) is 0 Å². The summed E-state index contributed by atoms with van der Waals surface area (Å²) in [5.41, 5.74) is 3.38. The summed E-state index contributed by atoms with van der Waals surface area (Å²) in [5, 5.41) is 21.2. The lowest BCUT2D eigenvalue weighted by Gasteiger charge is -2.35. The van der Waals surface area contributed by atoms with Crippen molar-refractivity contribution in [1.29, 1.82) is 5.26 Å². The molecule has 0 bridgehead atoms. The molecule has 4 N–H and O–H groups in total. The molecular weight excluding hydrogens is 1140 g/mol. The minimum atomic E-state index is -0.700. The number of aromatic nitrogens is 3. The second-order valence-electron chi connectivity index (χ2n) is 24.9. The molecule has 6 atom stereocenters. The first-order chi connectivity index (χ1) is 42.6. The first kappa shape index (κ1) is 66.9. The molecule has 4 heterocycles. The topological polar surface area (TPSA) is 274 Å². The molecule has 23 nitrogen and oxygen atoms in total. The number of ether oxygens (including phenoxy) is 6. The monoisotopic (exact) mass is 1230 g/mol. The van der Waals surface area contributed by atoms with Gasteiger partial charge in [-0.15, -0.1) is 0 Å². The summed E-state index contributed by atoms with van der Waals surface area (Å²) in [4.78, 5) is 86.1. The molecule has 0 radical (unpaired) electrons. The molecule has 2 saturated heterocycles. The molecule has 478 valence electrons. The third-order valence-corrected chi connectivity index (χ3v) is 15.5. The lowest BCUT2D eigenvalue weighted by atomic mass is 9.84. The third kappa shape index (κ3) is 20.0. The molecule has 5 aromatic rings. The molecular formula is C66H87N11O12. The maximum Gasteiger partial charge on any atom is 0.412 e. The van der Waals surface area contributed by atoms with E-state index in [9.17, 15) is 29.2 Å². The molecule has 1 saturated carbocycles. The summed E-state index contributed by atoms with van der Waals surface area (Å²) in [6, 6.07) is 24.3. The predicted octanol–water partition coefficient (Wildman–Crippen LogP) is 8.88. The molecule has 3 aromatic carbocycles. The average molecular weight is 1230 g/mol. The van der Waals surface area contributed by atoms with Gasteiger partial charge in [0.2, 0.25) is 5.91 Å². The maximum absolute atomic E-state index is 14.0. The van der Waals surface area contributed by atoms with Crippen LogP contribution in [0.15, 0.2) is 89.5 Å². The molecule has 0 spiro atoms. The number of hydrogen-bond donors (Lipinski definition) is 4. The van der Waals surface area contributed by atoms with Gasteiger partial charge < -0.3 is 63.5 Å². The summed E-state index contributed by atoms with van der Waals surface area (Å²) < 4.78 is 39.9. The predicted molar refractivity (Wildman–Crippen MR) is 334 cm³/mol. The number of aryl methyl sites for hydroxylation is 1. The van der Waals surface area contributed by atoms with Gasteiger partial charge in [0.15, 0.2) is 5.76 Å². The number of nitriles is 1. The number of hydrogen-bond acceptors (Lipinski definition) is 18. The molecule has 3 fully saturated rings. The minimum absolute atomic E-state index is 0.0703. The second-order valence-corrected chi connectivity index (χ2v) is 24.9. The largest absolute Gasteiger partial charge is 0.444 e. The van der Waals surface area contributed by atoms with Gasteiger partial charge in [-0.05, 0) is 142 Å². The maximum atomic E-state index is 14.0. The quantitative estimate of drug-likeness (QED) is 0.0357. The molecule has 0 unspecified atom stereocenters. The van der Waals surface area contributed by atoms with E-state index in [-0.39, 0.29) is 42.4 Å². The van der Waals surface area contributed by atoms with Gasteiger partial charge in [-0.1, -0.05) is 49.2 Å². The Morgan fingerprint density at radius 2 is 1.43 bits per heavy atom. The van der Waals surface area contributed by atoms with E-state index in [0.29, 0.717) is 130 Å². The summed E-state index contributed by atoms with van der Waals surface area (Å²) in [6.45, 7) is 19.4. The highest BCUT2D eigenvalue weighted by Gasteiger charge is 2.46. The fourth-order valence-corrected chi connectivity index (χ4v) is 11.3. The Morgan fingerprint density at radius 1 is 0.775 bits per heavy atom. The van der Waals surface area contributed by atoms with Crippen molar-refractivity contribution in [3.05, 3.63) is 114 Å². The highest BCUT2D eigenvalue weighted by molar-refractivity contribution is 5.95. The van der Waals surface area contributed by atoms with E-state index in [4.69, 9.17) is 42.8 Å². The molecule has 3 aliphatic rings.